The highest BCUT2D eigenvalue weighted by Crippen LogP contribution is 2.24. The monoisotopic (exact) mass is 313 g/mol. The van der Waals surface area contributed by atoms with Gasteiger partial charge < -0.3 is 4.98 Å². The summed E-state index contributed by atoms with van der Waals surface area (Å²) in [6.07, 6.45) is 5.99. The van der Waals surface area contributed by atoms with Gasteiger partial charge in [-0.05, 0) is 13.3 Å². The second-order valence-electron chi connectivity index (χ2n) is 6.12. The third-order valence-electron chi connectivity index (χ3n) is 4.72. The third-order valence-corrected chi connectivity index (χ3v) is 4.72. The molecule has 0 aromatic carbocycles. The number of hydrogen-bond donors (Lipinski definition) is 1. The van der Waals surface area contributed by atoms with Gasteiger partial charge in [-0.2, -0.15) is 5.10 Å². The van der Waals surface area contributed by atoms with Crippen LogP contribution in [0.2, 0.25) is 0 Å². The van der Waals surface area contributed by atoms with Crippen LogP contribution in [0.25, 0.3) is 11.2 Å². The average Bonchev–Trinajstić information content (AvgIpc) is 3.20. The first-order chi connectivity index (χ1) is 11.1. The minimum Gasteiger partial charge on any atom is -0.303 e. The lowest BCUT2D eigenvalue weighted by Crippen LogP contribution is -2.26. The molecule has 3 aromatic rings. The highest BCUT2D eigenvalue weighted by molar-refractivity contribution is 5.69. The van der Waals surface area contributed by atoms with Crippen LogP contribution in [0.1, 0.15) is 23.7 Å². The summed E-state index contributed by atoms with van der Waals surface area (Å²) in [6, 6.07) is 0.142. The molecule has 1 N–H and O–H groups in total. The summed E-state index contributed by atoms with van der Waals surface area (Å²) in [6.45, 7) is 4.74. The average molecular weight is 313 g/mol. The number of aryl methyl sites for hydroxylation is 1. The molecule has 0 bridgehead atoms. The van der Waals surface area contributed by atoms with Gasteiger partial charge in [0.05, 0.1) is 18.4 Å². The quantitative estimate of drug-likeness (QED) is 0.766. The minimum atomic E-state index is -0.107. The van der Waals surface area contributed by atoms with Crippen molar-refractivity contribution in [2.75, 3.05) is 13.1 Å². The van der Waals surface area contributed by atoms with Gasteiger partial charge in [0.25, 0.3) is 0 Å². The van der Waals surface area contributed by atoms with E-state index in [0.717, 1.165) is 26.1 Å². The number of nitrogens with one attached hydrogen (secondary N) is 1. The van der Waals surface area contributed by atoms with Gasteiger partial charge in [0.1, 0.15) is 11.8 Å². The SMILES string of the molecule is Cc1c(CN2CCC(n3c(=O)[nH]c4cncnc43)C2)cnn1C. The number of hydrogen-bond acceptors (Lipinski definition) is 5. The summed E-state index contributed by atoms with van der Waals surface area (Å²) in [5.74, 6) is 0. The molecule has 0 saturated carbocycles. The standard InChI is InChI=1S/C15H19N7O/c1-10-11(5-18-20(10)2)7-21-4-3-12(8-21)22-14-13(19-15(22)23)6-16-9-17-14/h5-6,9,12H,3-4,7-8H2,1-2H3,(H,19,23). The minimum absolute atomic E-state index is 0.107. The summed E-state index contributed by atoms with van der Waals surface area (Å²) in [4.78, 5) is 25.7. The van der Waals surface area contributed by atoms with Crippen molar-refractivity contribution in [2.24, 2.45) is 7.05 Å². The fraction of sp³-hybridized carbons (Fsp3) is 0.467. The van der Waals surface area contributed by atoms with Crippen molar-refractivity contribution in [2.45, 2.75) is 25.9 Å². The molecule has 0 amide bonds. The Hall–Kier alpha value is -2.48. The molecule has 1 saturated heterocycles. The number of imidazole rings is 1. The molecule has 8 heteroatoms. The molecule has 0 aliphatic carbocycles. The van der Waals surface area contributed by atoms with Crippen molar-refractivity contribution in [1.29, 1.82) is 0 Å². The lowest BCUT2D eigenvalue weighted by Gasteiger charge is -2.16. The highest BCUT2D eigenvalue weighted by Gasteiger charge is 2.27. The number of likely N-dealkylation sites (tertiary alicyclic amines) is 1. The van der Waals surface area contributed by atoms with Crippen molar-refractivity contribution in [3.63, 3.8) is 0 Å². The Kier molecular flexibility index (Phi) is 3.26. The van der Waals surface area contributed by atoms with Crippen LogP contribution in [0.15, 0.2) is 23.5 Å². The van der Waals surface area contributed by atoms with E-state index in [9.17, 15) is 4.79 Å². The van der Waals surface area contributed by atoms with Crippen LogP contribution in [0.5, 0.6) is 0 Å². The van der Waals surface area contributed by atoms with Crippen LogP contribution in [-0.4, -0.2) is 47.3 Å². The Morgan fingerprint density at radius 1 is 1.39 bits per heavy atom. The fourth-order valence-corrected chi connectivity index (χ4v) is 3.32. The van der Waals surface area contributed by atoms with Gasteiger partial charge in [-0.15, -0.1) is 0 Å². The topological polar surface area (TPSA) is 84.6 Å². The van der Waals surface area contributed by atoms with Crippen LogP contribution in [0.3, 0.4) is 0 Å². The van der Waals surface area contributed by atoms with Crippen LogP contribution in [0.4, 0.5) is 0 Å². The Bertz CT molecular complexity index is 906. The van der Waals surface area contributed by atoms with E-state index < -0.39 is 0 Å². The van der Waals surface area contributed by atoms with E-state index in [1.54, 1.807) is 10.8 Å². The first-order valence-electron chi connectivity index (χ1n) is 7.73. The predicted octanol–water partition coefficient (Wildman–Crippen LogP) is 0.609. The summed E-state index contributed by atoms with van der Waals surface area (Å²) in [5.41, 5.74) is 3.70. The van der Waals surface area contributed by atoms with E-state index in [-0.39, 0.29) is 11.7 Å². The van der Waals surface area contributed by atoms with Gasteiger partial charge in [-0.25, -0.2) is 14.8 Å². The lowest BCUT2D eigenvalue weighted by molar-refractivity contribution is 0.315. The Balaban J connectivity index is 1.57. The van der Waals surface area contributed by atoms with Crippen molar-refractivity contribution in [1.82, 2.24) is 34.2 Å². The maximum absolute atomic E-state index is 12.3. The second kappa shape index (κ2) is 5.31. The molecule has 0 spiro atoms. The summed E-state index contributed by atoms with van der Waals surface area (Å²) in [5, 5.41) is 4.30. The van der Waals surface area contributed by atoms with Crippen molar-refractivity contribution in [3.8, 4) is 0 Å². The molecule has 1 aliphatic rings. The van der Waals surface area contributed by atoms with Gasteiger partial charge in [0, 0.05) is 37.9 Å². The van der Waals surface area contributed by atoms with Crippen LogP contribution >= 0.6 is 0 Å². The maximum atomic E-state index is 12.3. The molecule has 3 aromatic heterocycles. The first-order valence-corrected chi connectivity index (χ1v) is 7.73. The zero-order chi connectivity index (χ0) is 16.0. The Labute approximate surface area is 132 Å². The summed E-state index contributed by atoms with van der Waals surface area (Å²) >= 11 is 0. The van der Waals surface area contributed by atoms with Gasteiger partial charge in [-0.3, -0.25) is 14.1 Å². The number of aromatic nitrogens is 6. The van der Waals surface area contributed by atoms with E-state index in [4.69, 9.17) is 0 Å². The van der Waals surface area contributed by atoms with Gasteiger partial charge in [0.2, 0.25) is 0 Å². The fourth-order valence-electron chi connectivity index (χ4n) is 3.32. The van der Waals surface area contributed by atoms with Crippen molar-refractivity contribution in [3.05, 3.63) is 40.5 Å². The molecule has 23 heavy (non-hydrogen) atoms. The van der Waals surface area contributed by atoms with Crippen LogP contribution in [-0.2, 0) is 13.6 Å². The van der Waals surface area contributed by atoms with Gasteiger partial charge in [-0.1, -0.05) is 0 Å². The normalized spacial score (nSPS) is 19.0. The molecule has 1 unspecified atom stereocenters. The maximum Gasteiger partial charge on any atom is 0.328 e. The highest BCUT2D eigenvalue weighted by atomic mass is 16.1. The van der Waals surface area contributed by atoms with Crippen LogP contribution in [0, 0.1) is 6.92 Å². The first kappa shape index (κ1) is 14.1. The van der Waals surface area contributed by atoms with E-state index in [0.29, 0.717) is 11.2 Å². The summed E-state index contributed by atoms with van der Waals surface area (Å²) < 4.78 is 3.66. The Morgan fingerprint density at radius 3 is 3.04 bits per heavy atom. The number of H-pyrrole nitrogens is 1. The number of fused-ring (bicyclic) bond motifs is 1. The number of nitrogens with zero attached hydrogens (tertiary/aromatic N) is 6. The van der Waals surface area contributed by atoms with Gasteiger partial charge >= 0.3 is 5.69 Å². The van der Waals surface area contributed by atoms with E-state index >= 15 is 0 Å². The molecule has 1 fully saturated rings. The van der Waals surface area contributed by atoms with Crippen LogP contribution < -0.4 is 5.69 Å². The zero-order valence-corrected chi connectivity index (χ0v) is 13.2. The molecule has 4 heterocycles. The molecular formula is C15H19N7O. The molecule has 0 radical (unpaired) electrons. The molecule has 4 rings (SSSR count). The Morgan fingerprint density at radius 2 is 2.26 bits per heavy atom. The zero-order valence-electron chi connectivity index (χ0n) is 13.2. The molecule has 1 aliphatic heterocycles. The number of aromatic amines is 1. The van der Waals surface area contributed by atoms with Crippen molar-refractivity contribution < 1.29 is 0 Å². The third kappa shape index (κ3) is 2.35. The van der Waals surface area contributed by atoms with E-state index in [1.165, 1.54) is 17.6 Å². The summed E-state index contributed by atoms with van der Waals surface area (Å²) in [7, 11) is 1.96. The molecule has 120 valence electrons. The predicted molar refractivity (Wildman–Crippen MR) is 85.0 cm³/mol. The molecular weight excluding hydrogens is 294 g/mol. The number of rotatable bonds is 3. The lowest BCUT2D eigenvalue weighted by atomic mass is 10.2. The second-order valence-corrected chi connectivity index (χ2v) is 6.12. The largest absolute Gasteiger partial charge is 0.328 e. The smallest absolute Gasteiger partial charge is 0.303 e. The van der Waals surface area contributed by atoms with E-state index in [1.807, 2.05) is 17.9 Å². The molecule has 8 nitrogen and oxygen atoms in total. The van der Waals surface area contributed by atoms with Gasteiger partial charge in [0.15, 0.2) is 5.65 Å². The van der Waals surface area contributed by atoms with Crippen molar-refractivity contribution >= 4 is 11.2 Å². The van der Waals surface area contributed by atoms with E-state index in [2.05, 4.69) is 31.9 Å². The molecule has 1 atom stereocenters.